The van der Waals surface area contributed by atoms with E-state index in [4.69, 9.17) is 0 Å². The van der Waals surface area contributed by atoms with E-state index in [1.165, 1.54) is 6.07 Å². The number of nitrogens with zero attached hydrogens (tertiary/aromatic N) is 3. The predicted molar refractivity (Wildman–Crippen MR) is 86.7 cm³/mol. The number of rotatable bonds is 3. The largest absolute Gasteiger partial charge is 0.340 e. The van der Waals surface area contributed by atoms with Crippen LogP contribution in [0.5, 0.6) is 0 Å². The number of amides is 1. The van der Waals surface area contributed by atoms with E-state index in [2.05, 4.69) is 15.3 Å². The first-order valence-electron chi connectivity index (χ1n) is 7.72. The zero-order chi connectivity index (χ0) is 16.2. The molecule has 120 valence electrons. The fourth-order valence-electron chi connectivity index (χ4n) is 2.74. The lowest BCUT2D eigenvalue weighted by atomic mass is 9.97. The van der Waals surface area contributed by atoms with Gasteiger partial charge in [0.05, 0.1) is 5.92 Å². The van der Waals surface area contributed by atoms with Crippen LogP contribution in [0.15, 0.2) is 36.7 Å². The standard InChI is InChI=1S/C17H19FN4O/c1-12-5-6-14(10-15(12)18)21-16(23)13-4-2-9-22(11-13)17-19-7-3-8-20-17/h3,5-8,10,13H,2,4,9,11H2,1H3,(H,21,23)/t13-/m0/s1. The fraction of sp³-hybridized carbons (Fsp3) is 0.353. The first-order valence-corrected chi connectivity index (χ1v) is 7.72. The van der Waals surface area contributed by atoms with E-state index in [0.29, 0.717) is 23.7 Å². The lowest BCUT2D eigenvalue weighted by Gasteiger charge is -2.31. The average Bonchev–Trinajstić information content (AvgIpc) is 2.59. The molecule has 2 aromatic rings. The van der Waals surface area contributed by atoms with E-state index in [-0.39, 0.29) is 17.6 Å². The van der Waals surface area contributed by atoms with Crippen LogP contribution in [0.3, 0.4) is 0 Å². The molecular weight excluding hydrogens is 295 g/mol. The number of piperidine rings is 1. The summed E-state index contributed by atoms with van der Waals surface area (Å²) in [5.41, 5.74) is 1.05. The van der Waals surface area contributed by atoms with E-state index < -0.39 is 0 Å². The van der Waals surface area contributed by atoms with Gasteiger partial charge in [0, 0.05) is 31.2 Å². The molecule has 1 aliphatic heterocycles. The van der Waals surface area contributed by atoms with Crippen LogP contribution in [0.1, 0.15) is 18.4 Å². The Morgan fingerprint density at radius 2 is 2.13 bits per heavy atom. The molecule has 1 N–H and O–H groups in total. The second kappa shape index (κ2) is 6.73. The van der Waals surface area contributed by atoms with Crippen molar-refractivity contribution in [3.05, 3.63) is 48.0 Å². The Kier molecular flexibility index (Phi) is 4.50. The van der Waals surface area contributed by atoms with Crippen molar-refractivity contribution in [3.8, 4) is 0 Å². The number of carbonyl (C=O) groups excluding carboxylic acids is 1. The Hall–Kier alpha value is -2.50. The number of hydrogen-bond donors (Lipinski definition) is 1. The number of aromatic nitrogens is 2. The molecule has 1 aromatic carbocycles. The van der Waals surface area contributed by atoms with Gasteiger partial charge in [-0.25, -0.2) is 14.4 Å². The first kappa shape index (κ1) is 15.4. The number of anilines is 2. The molecule has 0 saturated carbocycles. The quantitative estimate of drug-likeness (QED) is 0.946. The summed E-state index contributed by atoms with van der Waals surface area (Å²) in [6.45, 7) is 3.11. The van der Waals surface area contributed by atoms with Crippen molar-refractivity contribution in [2.45, 2.75) is 19.8 Å². The smallest absolute Gasteiger partial charge is 0.229 e. The lowest BCUT2D eigenvalue weighted by Crippen LogP contribution is -2.41. The van der Waals surface area contributed by atoms with Crippen LogP contribution in [0.25, 0.3) is 0 Å². The van der Waals surface area contributed by atoms with Crippen molar-refractivity contribution < 1.29 is 9.18 Å². The van der Waals surface area contributed by atoms with E-state index in [9.17, 15) is 9.18 Å². The normalized spacial score (nSPS) is 17.8. The van der Waals surface area contributed by atoms with Gasteiger partial charge in [-0.15, -0.1) is 0 Å². The second-order valence-corrected chi connectivity index (χ2v) is 5.79. The summed E-state index contributed by atoms with van der Waals surface area (Å²) in [5.74, 6) is 0.0861. The maximum absolute atomic E-state index is 13.6. The van der Waals surface area contributed by atoms with Gasteiger partial charge < -0.3 is 10.2 Å². The van der Waals surface area contributed by atoms with Crippen molar-refractivity contribution in [1.82, 2.24) is 9.97 Å². The highest BCUT2D eigenvalue weighted by molar-refractivity contribution is 5.93. The minimum atomic E-state index is -0.314. The summed E-state index contributed by atoms with van der Waals surface area (Å²) in [4.78, 5) is 22.9. The Bertz CT molecular complexity index is 692. The number of hydrogen-bond acceptors (Lipinski definition) is 4. The molecule has 0 unspecified atom stereocenters. The van der Waals surface area contributed by atoms with E-state index in [0.717, 1.165) is 19.4 Å². The lowest BCUT2D eigenvalue weighted by molar-refractivity contribution is -0.120. The highest BCUT2D eigenvalue weighted by Gasteiger charge is 2.27. The monoisotopic (exact) mass is 314 g/mol. The van der Waals surface area contributed by atoms with Gasteiger partial charge in [0.15, 0.2) is 0 Å². The highest BCUT2D eigenvalue weighted by atomic mass is 19.1. The molecule has 1 aliphatic rings. The zero-order valence-corrected chi connectivity index (χ0v) is 13.0. The molecule has 0 aliphatic carbocycles. The molecule has 1 aromatic heterocycles. The van der Waals surface area contributed by atoms with Crippen molar-refractivity contribution in [3.63, 3.8) is 0 Å². The molecule has 1 saturated heterocycles. The molecule has 6 heteroatoms. The van der Waals surface area contributed by atoms with Crippen LogP contribution in [0.2, 0.25) is 0 Å². The third-order valence-corrected chi connectivity index (χ3v) is 4.07. The predicted octanol–water partition coefficient (Wildman–Crippen LogP) is 2.78. The maximum atomic E-state index is 13.6. The topological polar surface area (TPSA) is 58.1 Å². The highest BCUT2D eigenvalue weighted by Crippen LogP contribution is 2.22. The number of aryl methyl sites for hydroxylation is 1. The Balaban J connectivity index is 1.66. The summed E-state index contributed by atoms with van der Waals surface area (Å²) in [6.07, 6.45) is 5.10. The molecule has 1 amide bonds. The molecule has 0 spiro atoms. The minimum absolute atomic E-state index is 0.0890. The van der Waals surface area contributed by atoms with Gasteiger partial charge in [0.1, 0.15) is 5.82 Å². The van der Waals surface area contributed by atoms with E-state index in [1.807, 2.05) is 4.90 Å². The summed E-state index contributed by atoms with van der Waals surface area (Å²) < 4.78 is 13.6. The van der Waals surface area contributed by atoms with Gasteiger partial charge in [-0.3, -0.25) is 4.79 Å². The summed E-state index contributed by atoms with van der Waals surface area (Å²) in [5, 5.41) is 2.81. The van der Waals surface area contributed by atoms with Gasteiger partial charge in [0.25, 0.3) is 0 Å². The first-order chi connectivity index (χ1) is 11.1. The van der Waals surface area contributed by atoms with Gasteiger partial charge in [0.2, 0.25) is 11.9 Å². The molecule has 5 nitrogen and oxygen atoms in total. The molecule has 2 heterocycles. The average molecular weight is 314 g/mol. The Morgan fingerprint density at radius 1 is 1.35 bits per heavy atom. The minimum Gasteiger partial charge on any atom is -0.340 e. The fourth-order valence-corrected chi connectivity index (χ4v) is 2.74. The van der Waals surface area contributed by atoms with Crippen LogP contribution in [0, 0.1) is 18.7 Å². The maximum Gasteiger partial charge on any atom is 0.229 e. The zero-order valence-electron chi connectivity index (χ0n) is 13.0. The van der Waals surface area contributed by atoms with Crippen LogP contribution >= 0.6 is 0 Å². The second-order valence-electron chi connectivity index (χ2n) is 5.79. The van der Waals surface area contributed by atoms with Gasteiger partial charge in [-0.05, 0) is 43.5 Å². The number of benzene rings is 1. The molecule has 3 rings (SSSR count). The Morgan fingerprint density at radius 3 is 2.87 bits per heavy atom. The van der Waals surface area contributed by atoms with Crippen LogP contribution in [0.4, 0.5) is 16.0 Å². The molecule has 1 atom stereocenters. The Labute approximate surface area is 134 Å². The molecule has 0 radical (unpaired) electrons. The van der Waals surface area contributed by atoms with Gasteiger partial charge in [-0.1, -0.05) is 6.07 Å². The van der Waals surface area contributed by atoms with Crippen molar-refractivity contribution in [1.29, 1.82) is 0 Å². The van der Waals surface area contributed by atoms with Gasteiger partial charge >= 0.3 is 0 Å². The number of nitrogens with one attached hydrogen (secondary N) is 1. The summed E-state index contributed by atoms with van der Waals surface area (Å²) in [6, 6.07) is 6.50. The van der Waals surface area contributed by atoms with Crippen molar-refractivity contribution in [2.24, 2.45) is 5.92 Å². The molecular formula is C17H19FN4O. The number of halogens is 1. The molecule has 23 heavy (non-hydrogen) atoms. The third kappa shape index (κ3) is 3.64. The third-order valence-electron chi connectivity index (χ3n) is 4.07. The van der Waals surface area contributed by atoms with Crippen LogP contribution < -0.4 is 10.2 Å². The van der Waals surface area contributed by atoms with E-state index in [1.54, 1.807) is 37.5 Å². The molecule has 1 fully saturated rings. The van der Waals surface area contributed by atoms with Gasteiger partial charge in [-0.2, -0.15) is 0 Å². The summed E-state index contributed by atoms with van der Waals surface area (Å²) in [7, 11) is 0. The van der Waals surface area contributed by atoms with Crippen molar-refractivity contribution in [2.75, 3.05) is 23.3 Å². The number of carbonyl (C=O) groups is 1. The SMILES string of the molecule is Cc1ccc(NC(=O)[C@H]2CCCN(c3ncccn3)C2)cc1F. The summed E-state index contributed by atoms with van der Waals surface area (Å²) >= 11 is 0. The molecule has 0 bridgehead atoms. The van der Waals surface area contributed by atoms with E-state index >= 15 is 0 Å². The van der Waals surface area contributed by atoms with Crippen molar-refractivity contribution >= 4 is 17.5 Å². The van der Waals surface area contributed by atoms with Crippen LogP contribution in [-0.2, 0) is 4.79 Å². The van der Waals surface area contributed by atoms with Crippen LogP contribution in [-0.4, -0.2) is 29.0 Å².